The maximum Gasteiger partial charge on any atom is 0.414 e. The van der Waals surface area contributed by atoms with E-state index >= 15 is 0 Å². The van der Waals surface area contributed by atoms with Gasteiger partial charge in [0.2, 0.25) is 0 Å². The van der Waals surface area contributed by atoms with Crippen molar-refractivity contribution >= 4 is 54.8 Å². The third kappa shape index (κ3) is 11.2. The van der Waals surface area contributed by atoms with Crippen molar-refractivity contribution < 1.29 is 36.6 Å². The predicted octanol–water partition coefficient (Wildman–Crippen LogP) is 7.51. The molecule has 54 heavy (non-hydrogen) atoms. The molecular formula is C38H32Cl2N4O8S2. The number of aromatic nitrogens is 4. The predicted molar refractivity (Wildman–Crippen MR) is 207 cm³/mol. The Morgan fingerprint density at radius 3 is 1.07 bits per heavy atom. The molecule has 0 aliphatic heterocycles. The summed E-state index contributed by atoms with van der Waals surface area (Å²) in [7, 11) is -6.46. The number of carboxylic acid groups (broad SMARTS) is 2. The lowest BCUT2D eigenvalue weighted by Gasteiger charge is -2.10. The number of carboxylic acids is 2. The first-order valence-electron chi connectivity index (χ1n) is 15.6. The van der Waals surface area contributed by atoms with Crippen molar-refractivity contribution in [1.82, 2.24) is 19.9 Å². The average Bonchev–Trinajstić information content (AvgIpc) is 3.12. The normalized spacial score (nSPS) is 11.0. The Hall–Kier alpha value is -5.54. The number of benzene rings is 2. The smallest absolute Gasteiger partial charge is 0.414 e. The van der Waals surface area contributed by atoms with Gasteiger partial charge in [-0.15, -0.1) is 0 Å². The van der Waals surface area contributed by atoms with E-state index in [-0.39, 0.29) is 9.79 Å². The highest BCUT2D eigenvalue weighted by Gasteiger charge is 2.14. The highest BCUT2D eigenvalue weighted by Crippen LogP contribution is 2.34. The van der Waals surface area contributed by atoms with Crippen molar-refractivity contribution in [3.05, 3.63) is 131 Å². The van der Waals surface area contributed by atoms with E-state index in [2.05, 4.69) is 19.9 Å². The second kappa shape index (κ2) is 17.5. The number of aryl methyl sites for hydroxylation is 2. The molecule has 6 aromatic rings. The summed E-state index contributed by atoms with van der Waals surface area (Å²) < 4.78 is 46.5. The van der Waals surface area contributed by atoms with E-state index < -0.39 is 31.6 Å². The first kappa shape index (κ1) is 41.2. The van der Waals surface area contributed by atoms with Crippen LogP contribution in [-0.4, -0.2) is 71.4 Å². The second-order valence-corrected chi connectivity index (χ2v) is 16.6. The Kier molecular flexibility index (Phi) is 13.4. The van der Waals surface area contributed by atoms with Crippen molar-refractivity contribution in [3.8, 4) is 44.8 Å². The van der Waals surface area contributed by atoms with Gasteiger partial charge in [-0.25, -0.2) is 26.4 Å². The molecule has 278 valence electrons. The van der Waals surface area contributed by atoms with Gasteiger partial charge in [-0.2, -0.15) is 0 Å². The lowest BCUT2D eigenvalue weighted by Crippen LogP contribution is -2.09. The van der Waals surface area contributed by atoms with E-state index in [0.717, 1.165) is 56.2 Å². The Bertz CT molecular complexity index is 2340. The number of aliphatic carboxylic acids is 2. The molecule has 4 aromatic heterocycles. The zero-order valence-electron chi connectivity index (χ0n) is 29.1. The van der Waals surface area contributed by atoms with Gasteiger partial charge in [0, 0.05) is 70.9 Å². The molecule has 0 aliphatic rings. The summed E-state index contributed by atoms with van der Waals surface area (Å²) in [5.41, 5.74) is 8.43. The van der Waals surface area contributed by atoms with Crippen LogP contribution in [0.1, 0.15) is 11.4 Å². The monoisotopic (exact) mass is 806 g/mol. The zero-order valence-corrected chi connectivity index (χ0v) is 32.2. The molecule has 16 heteroatoms. The number of hydrogen-bond acceptors (Lipinski definition) is 10. The first-order valence-corrected chi connectivity index (χ1v) is 20.1. The minimum Gasteiger partial charge on any atom is -0.473 e. The van der Waals surface area contributed by atoms with Gasteiger partial charge in [0.05, 0.1) is 31.2 Å². The number of rotatable bonds is 6. The van der Waals surface area contributed by atoms with Crippen molar-refractivity contribution in [2.75, 3.05) is 12.5 Å². The Morgan fingerprint density at radius 1 is 0.500 bits per heavy atom. The largest absolute Gasteiger partial charge is 0.473 e. The molecule has 0 saturated carbocycles. The maximum atomic E-state index is 11.6. The van der Waals surface area contributed by atoms with Crippen molar-refractivity contribution in [2.45, 2.75) is 23.6 Å². The van der Waals surface area contributed by atoms with E-state index in [1.807, 2.05) is 50.2 Å². The molecule has 0 spiro atoms. The summed E-state index contributed by atoms with van der Waals surface area (Å²) in [5.74, 6) is -3.65. The SMILES string of the molecule is Cc1ccc(-c2ncc(Cl)cc2-c2ccc(S(C)(=O)=O)cc2)cn1.Cc1ccc(-c2ncc(Cl)cc2-c2ccc(S(C)(=O)=O)cc2)cn1.O=C(O)C(=O)O. The molecule has 2 N–H and O–H groups in total. The fraction of sp³-hybridized carbons (Fsp3) is 0.105. The fourth-order valence-electron chi connectivity index (χ4n) is 4.76. The summed E-state index contributed by atoms with van der Waals surface area (Å²) >= 11 is 12.2. The van der Waals surface area contributed by atoms with E-state index in [0.29, 0.717) is 10.0 Å². The quantitative estimate of drug-likeness (QED) is 0.158. The number of nitrogens with zero attached hydrogens (tertiary/aromatic N) is 4. The molecule has 0 fully saturated rings. The van der Waals surface area contributed by atoms with Crippen LogP contribution in [0.5, 0.6) is 0 Å². The highest BCUT2D eigenvalue weighted by molar-refractivity contribution is 7.91. The molecule has 0 aliphatic carbocycles. The summed E-state index contributed by atoms with van der Waals surface area (Å²) in [6.07, 6.45) is 9.08. The Labute approximate surface area is 322 Å². The van der Waals surface area contributed by atoms with Gasteiger partial charge in [0.15, 0.2) is 19.7 Å². The summed E-state index contributed by atoms with van der Waals surface area (Å²) in [6.45, 7) is 3.84. The lowest BCUT2D eigenvalue weighted by molar-refractivity contribution is -0.159. The second-order valence-electron chi connectivity index (χ2n) is 11.7. The molecule has 0 amide bonds. The lowest BCUT2D eigenvalue weighted by atomic mass is 10.0. The summed E-state index contributed by atoms with van der Waals surface area (Å²) in [6, 6.07) is 24.8. The van der Waals surface area contributed by atoms with Gasteiger partial charge < -0.3 is 10.2 Å². The minimum absolute atomic E-state index is 0.278. The number of carbonyl (C=O) groups is 2. The minimum atomic E-state index is -3.23. The van der Waals surface area contributed by atoms with E-state index in [1.165, 1.54) is 12.5 Å². The zero-order chi connectivity index (χ0) is 39.8. The van der Waals surface area contributed by atoms with Crippen molar-refractivity contribution in [3.63, 3.8) is 0 Å². The molecule has 12 nitrogen and oxygen atoms in total. The average molecular weight is 808 g/mol. The number of pyridine rings is 4. The van der Waals surface area contributed by atoms with Crippen molar-refractivity contribution in [1.29, 1.82) is 0 Å². The highest BCUT2D eigenvalue weighted by atomic mass is 35.5. The molecule has 0 atom stereocenters. The van der Waals surface area contributed by atoms with E-state index in [4.69, 9.17) is 43.0 Å². The standard InChI is InChI=1S/2C18H15ClN2O2S.C2H2O4/c2*1-12-3-4-14(10-20-12)18-17(9-15(19)11-21-18)13-5-7-16(8-6-13)24(2,22)23;3-1(4)2(5)6/h2*3-11H,1-2H3;(H,3,4)(H,5,6). The fourth-order valence-corrected chi connectivity index (χ4v) is 6.33. The molecule has 0 bridgehead atoms. The van der Waals surface area contributed by atoms with E-state index in [1.54, 1.807) is 73.3 Å². The van der Waals surface area contributed by atoms with Crippen LogP contribution in [0.15, 0.2) is 120 Å². The van der Waals surface area contributed by atoms with Gasteiger partial charge in [-0.05, 0) is 85.6 Å². The van der Waals surface area contributed by atoms with Gasteiger partial charge >= 0.3 is 11.9 Å². The Morgan fingerprint density at radius 2 is 0.815 bits per heavy atom. The molecule has 6 rings (SSSR count). The first-order chi connectivity index (χ1) is 25.3. The topological polar surface area (TPSA) is 194 Å². The summed E-state index contributed by atoms with van der Waals surface area (Å²) in [4.78, 5) is 36.2. The van der Waals surface area contributed by atoms with E-state index in [9.17, 15) is 16.8 Å². The molecule has 4 heterocycles. The molecule has 0 saturated heterocycles. The van der Waals surface area contributed by atoms with Crippen molar-refractivity contribution in [2.24, 2.45) is 0 Å². The third-order valence-electron chi connectivity index (χ3n) is 7.45. The van der Waals surface area contributed by atoms with Crippen LogP contribution in [-0.2, 0) is 29.3 Å². The summed E-state index contributed by atoms with van der Waals surface area (Å²) in [5, 5.41) is 15.8. The Balaban J connectivity index is 0.000000209. The molecular weight excluding hydrogens is 775 g/mol. The van der Waals surface area contributed by atoms with Crippen LogP contribution in [0.25, 0.3) is 44.8 Å². The molecule has 0 radical (unpaired) electrons. The van der Waals surface area contributed by atoms with Gasteiger partial charge in [-0.3, -0.25) is 19.9 Å². The molecule has 0 unspecified atom stereocenters. The van der Waals surface area contributed by atoms with Crippen LogP contribution in [0.3, 0.4) is 0 Å². The van der Waals surface area contributed by atoms with Crippen LogP contribution in [0, 0.1) is 13.8 Å². The van der Waals surface area contributed by atoms with Gasteiger partial charge in [0.1, 0.15) is 0 Å². The van der Waals surface area contributed by atoms with Crippen LogP contribution < -0.4 is 0 Å². The van der Waals surface area contributed by atoms with Gasteiger partial charge in [-0.1, -0.05) is 47.5 Å². The van der Waals surface area contributed by atoms with Gasteiger partial charge in [0.25, 0.3) is 0 Å². The molecule has 2 aromatic carbocycles. The van der Waals surface area contributed by atoms with Crippen LogP contribution in [0.2, 0.25) is 10.0 Å². The number of halogens is 2. The number of sulfone groups is 2. The van der Waals surface area contributed by atoms with Crippen LogP contribution >= 0.6 is 23.2 Å². The number of hydrogen-bond donors (Lipinski definition) is 2. The maximum absolute atomic E-state index is 11.6. The third-order valence-corrected chi connectivity index (χ3v) is 10.1. The van der Waals surface area contributed by atoms with Crippen LogP contribution in [0.4, 0.5) is 0 Å².